The van der Waals surface area contributed by atoms with Gasteiger partial charge in [0.2, 0.25) is 5.91 Å². The van der Waals surface area contributed by atoms with Crippen molar-refractivity contribution in [1.29, 1.82) is 0 Å². The summed E-state index contributed by atoms with van der Waals surface area (Å²) in [5.74, 6) is 0.0327. The highest BCUT2D eigenvalue weighted by Crippen LogP contribution is 2.26. The molecule has 1 aliphatic rings. The number of ether oxygens (including phenoxy) is 1. The van der Waals surface area contributed by atoms with Crippen LogP contribution in [0.5, 0.6) is 0 Å². The van der Waals surface area contributed by atoms with Crippen molar-refractivity contribution in [1.82, 2.24) is 5.32 Å². The maximum Gasteiger partial charge on any atom is 0.222 e. The maximum atomic E-state index is 12.1. The monoisotopic (exact) mass is 347 g/mol. The number of amides is 1. The normalized spacial score (nSPS) is 17.4. The summed E-state index contributed by atoms with van der Waals surface area (Å²) in [4.78, 5) is 14.5. The van der Waals surface area contributed by atoms with Crippen LogP contribution in [0.4, 0.5) is 5.69 Å². The minimum absolute atomic E-state index is 0.0327. The van der Waals surface area contributed by atoms with Crippen LogP contribution in [0.15, 0.2) is 24.3 Å². The van der Waals surface area contributed by atoms with Gasteiger partial charge in [-0.15, -0.1) is 0 Å². The third-order valence-corrected chi connectivity index (χ3v) is 4.97. The van der Waals surface area contributed by atoms with Crippen LogP contribution in [0, 0.1) is 0 Å². The largest absolute Gasteiger partial charge is 0.380 e. The average molecular weight is 348 g/mol. The van der Waals surface area contributed by atoms with Crippen LogP contribution in [0.3, 0.4) is 0 Å². The van der Waals surface area contributed by atoms with Crippen molar-refractivity contribution in [2.45, 2.75) is 57.6 Å². The molecule has 0 aromatic heterocycles. The van der Waals surface area contributed by atoms with Gasteiger partial charge in [0.25, 0.3) is 0 Å². The molecule has 1 saturated heterocycles. The number of piperidine rings is 1. The molecule has 3 N–H and O–H groups in total. The molecule has 0 spiro atoms. The molecule has 140 valence electrons. The molecule has 1 aromatic rings. The van der Waals surface area contributed by atoms with Crippen LogP contribution >= 0.6 is 0 Å². The van der Waals surface area contributed by atoms with Crippen molar-refractivity contribution in [2.24, 2.45) is 5.73 Å². The zero-order valence-corrected chi connectivity index (χ0v) is 16.0. The van der Waals surface area contributed by atoms with Gasteiger partial charge in [-0.25, -0.2) is 0 Å². The Morgan fingerprint density at radius 1 is 1.28 bits per heavy atom. The summed E-state index contributed by atoms with van der Waals surface area (Å²) in [5.41, 5.74) is 8.37. The standard InChI is InChI=1S/C20H33N3O2/c1-20(2,3)15-5-7-17(8-6-15)23-11-9-16(10-12-23)22-19(24)13-18(14-21)25-4/h5-8,16,18H,9-14,21H2,1-4H3,(H,22,24). The number of carbonyl (C=O) groups is 1. The number of nitrogens with zero attached hydrogens (tertiary/aromatic N) is 1. The van der Waals surface area contributed by atoms with E-state index < -0.39 is 0 Å². The summed E-state index contributed by atoms with van der Waals surface area (Å²) in [6.45, 7) is 8.99. The van der Waals surface area contributed by atoms with Gasteiger partial charge in [0.15, 0.2) is 0 Å². The third kappa shape index (κ3) is 5.72. The fourth-order valence-corrected chi connectivity index (χ4v) is 3.21. The Labute approximate surface area is 151 Å². The topological polar surface area (TPSA) is 67.6 Å². The molecule has 1 amide bonds. The molecular weight excluding hydrogens is 314 g/mol. The number of hydrogen-bond donors (Lipinski definition) is 2. The van der Waals surface area contributed by atoms with Gasteiger partial charge >= 0.3 is 0 Å². The van der Waals surface area contributed by atoms with Crippen LogP contribution in [-0.4, -0.2) is 44.8 Å². The molecule has 0 radical (unpaired) electrons. The Bertz CT molecular complexity index is 539. The van der Waals surface area contributed by atoms with E-state index in [1.807, 2.05) is 0 Å². The van der Waals surface area contributed by atoms with Gasteiger partial charge in [-0.3, -0.25) is 4.79 Å². The molecule has 1 aromatic carbocycles. The highest BCUT2D eigenvalue weighted by molar-refractivity contribution is 5.76. The second-order valence-electron chi connectivity index (χ2n) is 7.92. The van der Waals surface area contributed by atoms with Gasteiger partial charge in [-0.05, 0) is 36.0 Å². The fraction of sp³-hybridized carbons (Fsp3) is 0.650. The maximum absolute atomic E-state index is 12.1. The Morgan fingerprint density at radius 3 is 2.36 bits per heavy atom. The van der Waals surface area contributed by atoms with Crippen LogP contribution in [0.1, 0.15) is 45.6 Å². The first-order chi connectivity index (χ1) is 11.8. The number of benzene rings is 1. The molecule has 5 nitrogen and oxygen atoms in total. The first-order valence-electron chi connectivity index (χ1n) is 9.21. The van der Waals surface area contributed by atoms with E-state index in [4.69, 9.17) is 10.5 Å². The molecule has 2 rings (SSSR count). The predicted octanol–water partition coefficient (Wildman–Crippen LogP) is 2.43. The van der Waals surface area contributed by atoms with Crippen LogP contribution in [0.2, 0.25) is 0 Å². The molecule has 1 fully saturated rings. The first kappa shape index (κ1) is 19.7. The molecule has 1 atom stereocenters. The number of nitrogens with two attached hydrogens (primary N) is 1. The summed E-state index contributed by atoms with van der Waals surface area (Å²) >= 11 is 0. The molecule has 1 heterocycles. The van der Waals surface area contributed by atoms with E-state index in [1.54, 1.807) is 7.11 Å². The van der Waals surface area contributed by atoms with E-state index in [9.17, 15) is 4.79 Å². The molecule has 0 saturated carbocycles. The number of carbonyl (C=O) groups excluding carboxylic acids is 1. The fourth-order valence-electron chi connectivity index (χ4n) is 3.21. The van der Waals surface area contributed by atoms with Crippen molar-refractivity contribution in [3.8, 4) is 0 Å². The molecule has 0 aliphatic carbocycles. The van der Waals surface area contributed by atoms with E-state index in [0.717, 1.165) is 25.9 Å². The zero-order valence-electron chi connectivity index (χ0n) is 16.0. The predicted molar refractivity (Wildman–Crippen MR) is 103 cm³/mol. The number of rotatable bonds is 6. The van der Waals surface area contributed by atoms with Crippen molar-refractivity contribution in [3.05, 3.63) is 29.8 Å². The third-order valence-electron chi connectivity index (χ3n) is 4.97. The molecule has 1 unspecified atom stereocenters. The van der Waals surface area contributed by atoms with E-state index in [0.29, 0.717) is 13.0 Å². The number of hydrogen-bond acceptors (Lipinski definition) is 4. The van der Waals surface area contributed by atoms with Crippen LogP contribution in [0.25, 0.3) is 0 Å². The van der Waals surface area contributed by atoms with E-state index in [-0.39, 0.29) is 23.5 Å². The van der Waals surface area contributed by atoms with E-state index in [2.05, 4.69) is 55.3 Å². The molecule has 0 bridgehead atoms. The number of anilines is 1. The summed E-state index contributed by atoms with van der Waals surface area (Å²) in [5, 5.41) is 3.12. The lowest BCUT2D eigenvalue weighted by molar-refractivity contribution is -0.124. The van der Waals surface area contributed by atoms with E-state index >= 15 is 0 Å². The second kappa shape index (κ2) is 8.68. The minimum Gasteiger partial charge on any atom is -0.380 e. The Morgan fingerprint density at radius 2 is 1.88 bits per heavy atom. The smallest absolute Gasteiger partial charge is 0.222 e. The Balaban J connectivity index is 1.82. The highest BCUT2D eigenvalue weighted by Gasteiger charge is 2.22. The van der Waals surface area contributed by atoms with Gasteiger partial charge in [0.05, 0.1) is 12.5 Å². The van der Waals surface area contributed by atoms with Crippen molar-refractivity contribution >= 4 is 11.6 Å². The van der Waals surface area contributed by atoms with Crippen LogP contribution in [-0.2, 0) is 14.9 Å². The number of methoxy groups -OCH3 is 1. The van der Waals surface area contributed by atoms with Crippen LogP contribution < -0.4 is 16.0 Å². The van der Waals surface area contributed by atoms with Crippen molar-refractivity contribution in [3.63, 3.8) is 0 Å². The second-order valence-corrected chi connectivity index (χ2v) is 7.92. The van der Waals surface area contributed by atoms with Gasteiger partial charge in [0, 0.05) is 38.5 Å². The lowest BCUT2D eigenvalue weighted by Crippen LogP contribution is -2.45. The SMILES string of the molecule is COC(CN)CC(=O)NC1CCN(c2ccc(C(C)(C)C)cc2)CC1. The molecule has 5 heteroatoms. The lowest BCUT2D eigenvalue weighted by Gasteiger charge is -2.34. The van der Waals surface area contributed by atoms with E-state index in [1.165, 1.54) is 11.3 Å². The quantitative estimate of drug-likeness (QED) is 0.829. The van der Waals surface area contributed by atoms with Gasteiger partial charge in [-0.2, -0.15) is 0 Å². The average Bonchev–Trinajstić information content (AvgIpc) is 2.59. The van der Waals surface area contributed by atoms with Crippen molar-refractivity contribution in [2.75, 3.05) is 31.6 Å². The minimum atomic E-state index is -0.193. The summed E-state index contributed by atoms with van der Waals surface area (Å²) in [6, 6.07) is 9.11. The number of nitrogens with one attached hydrogen (secondary N) is 1. The highest BCUT2D eigenvalue weighted by atomic mass is 16.5. The van der Waals surface area contributed by atoms with Crippen molar-refractivity contribution < 1.29 is 9.53 Å². The molecule has 1 aliphatic heterocycles. The van der Waals surface area contributed by atoms with Gasteiger partial charge < -0.3 is 20.7 Å². The first-order valence-corrected chi connectivity index (χ1v) is 9.21. The zero-order chi connectivity index (χ0) is 18.4. The van der Waals surface area contributed by atoms with Gasteiger partial charge in [0.1, 0.15) is 0 Å². The molecule has 25 heavy (non-hydrogen) atoms. The van der Waals surface area contributed by atoms with Gasteiger partial charge in [-0.1, -0.05) is 32.9 Å². The molecular formula is C20H33N3O2. The Hall–Kier alpha value is -1.59. The lowest BCUT2D eigenvalue weighted by atomic mass is 9.87. The summed E-state index contributed by atoms with van der Waals surface area (Å²) < 4.78 is 5.17. The Kier molecular flexibility index (Phi) is 6.85. The summed E-state index contributed by atoms with van der Waals surface area (Å²) in [6.07, 6.45) is 2.07. The summed E-state index contributed by atoms with van der Waals surface area (Å²) in [7, 11) is 1.59.